The predicted octanol–water partition coefficient (Wildman–Crippen LogP) is 2.65. The fourth-order valence-electron chi connectivity index (χ4n) is 2.95. The Balaban J connectivity index is 1.45. The van der Waals surface area contributed by atoms with Gasteiger partial charge in [-0.3, -0.25) is 19.1 Å². The lowest BCUT2D eigenvalue weighted by Crippen LogP contribution is -2.33. The second kappa shape index (κ2) is 8.83. The number of carbonyl (C=O) groups excluding carboxylic acids is 1. The molecule has 0 spiro atoms. The van der Waals surface area contributed by atoms with Crippen molar-refractivity contribution in [3.8, 4) is 0 Å². The van der Waals surface area contributed by atoms with Crippen LogP contribution in [0.1, 0.15) is 5.56 Å². The van der Waals surface area contributed by atoms with Crippen LogP contribution in [0.4, 0.5) is 5.82 Å². The lowest BCUT2D eigenvalue weighted by molar-refractivity contribution is -0.113. The molecule has 30 heavy (non-hydrogen) atoms. The monoisotopic (exact) mass is 422 g/mol. The van der Waals surface area contributed by atoms with Gasteiger partial charge < -0.3 is 9.73 Å². The molecule has 0 atom stereocenters. The molecule has 4 aromatic rings. The normalized spacial score (nSPS) is 10.9. The number of anilines is 1. The van der Waals surface area contributed by atoms with Crippen LogP contribution >= 0.6 is 11.8 Å². The number of aryl methyl sites for hydroxylation is 1. The molecule has 4 rings (SSSR count). The van der Waals surface area contributed by atoms with Crippen LogP contribution in [0.2, 0.25) is 0 Å². The number of fused-ring (bicyclic) bond motifs is 1. The fourth-order valence-corrected chi connectivity index (χ4v) is 3.59. The summed E-state index contributed by atoms with van der Waals surface area (Å²) in [4.78, 5) is 43.0. The lowest BCUT2D eigenvalue weighted by atomic mass is 10.1. The van der Waals surface area contributed by atoms with Crippen molar-refractivity contribution >= 4 is 34.6 Å². The summed E-state index contributed by atoms with van der Waals surface area (Å²) in [6, 6.07) is 18.2. The van der Waals surface area contributed by atoms with Crippen LogP contribution in [0, 0.1) is 0 Å². The number of hydrogen-bond donors (Lipinski definition) is 2. The van der Waals surface area contributed by atoms with Gasteiger partial charge in [0.25, 0.3) is 10.8 Å². The van der Waals surface area contributed by atoms with E-state index in [1.807, 2.05) is 48.5 Å². The average molecular weight is 422 g/mol. The van der Waals surface area contributed by atoms with E-state index in [1.165, 1.54) is 10.6 Å². The first-order valence-electron chi connectivity index (χ1n) is 9.25. The number of carbonyl (C=O) groups is 1. The minimum absolute atomic E-state index is 0.0203. The number of oxazole rings is 1. The highest BCUT2D eigenvalue weighted by molar-refractivity contribution is 7.99. The number of aromatic nitrogens is 3. The molecular weight excluding hydrogens is 404 g/mol. The summed E-state index contributed by atoms with van der Waals surface area (Å²) < 4.78 is 6.92. The third-order valence-corrected chi connectivity index (χ3v) is 5.20. The van der Waals surface area contributed by atoms with Gasteiger partial charge in [-0.05, 0) is 24.1 Å². The van der Waals surface area contributed by atoms with Gasteiger partial charge in [0.15, 0.2) is 5.58 Å². The van der Waals surface area contributed by atoms with Crippen molar-refractivity contribution in [2.75, 3.05) is 11.1 Å². The van der Waals surface area contributed by atoms with Crippen LogP contribution in [0.5, 0.6) is 0 Å². The molecule has 0 fully saturated rings. The Bertz CT molecular complexity index is 1260. The number of benzene rings is 2. The van der Waals surface area contributed by atoms with E-state index < -0.39 is 11.2 Å². The first kappa shape index (κ1) is 19.7. The molecule has 0 aliphatic rings. The zero-order chi connectivity index (χ0) is 20.9. The van der Waals surface area contributed by atoms with Gasteiger partial charge in [0.2, 0.25) is 5.91 Å². The number of aromatic amines is 1. The van der Waals surface area contributed by atoms with Crippen molar-refractivity contribution in [3.63, 3.8) is 0 Å². The first-order valence-corrected chi connectivity index (χ1v) is 10.2. The highest BCUT2D eigenvalue weighted by Gasteiger charge is 2.13. The third-order valence-electron chi connectivity index (χ3n) is 4.37. The molecule has 9 heteroatoms. The zero-order valence-electron chi connectivity index (χ0n) is 15.8. The number of amides is 1. The quantitative estimate of drug-likeness (QED) is 0.443. The maximum atomic E-state index is 12.4. The number of nitrogens with one attached hydrogen (secondary N) is 2. The first-order chi connectivity index (χ1) is 14.6. The van der Waals surface area contributed by atoms with Gasteiger partial charge in [0, 0.05) is 12.6 Å². The van der Waals surface area contributed by atoms with Gasteiger partial charge in [-0.1, -0.05) is 54.2 Å². The number of nitrogens with zero attached hydrogens (tertiary/aromatic N) is 2. The van der Waals surface area contributed by atoms with Gasteiger partial charge >= 0.3 is 5.69 Å². The summed E-state index contributed by atoms with van der Waals surface area (Å²) in [5.41, 5.74) is 1.26. The van der Waals surface area contributed by atoms with Crippen molar-refractivity contribution in [1.29, 1.82) is 0 Å². The van der Waals surface area contributed by atoms with E-state index in [0.717, 1.165) is 17.3 Å². The number of para-hydroxylation sites is 2. The van der Waals surface area contributed by atoms with Crippen molar-refractivity contribution < 1.29 is 9.21 Å². The van der Waals surface area contributed by atoms with Crippen molar-refractivity contribution in [1.82, 2.24) is 14.5 Å². The minimum atomic E-state index is -0.571. The molecule has 152 valence electrons. The van der Waals surface area contributed by atoms with Crippen molar-refractivity contribution in [2.45, 2.75) is 18.2 Å². The second-order valence-corrected chi connectivity index (χ2v) is 7.42. The topological polar surface area (TPSA) is 110 Å². The van der Waals surface area contributed by atoms with E-state index in [1.54, 1.807) is 6.07 Å². The van der Waals surface area contributed by atoms with Crippen LogP contribution in [0.15, 0.2) is 79.9 Å². The summed E-state index contributed by atoms with van der Waals surface area (Å²) in [5, 5.41) is 3.02. The molecule has 0 radical (unpaired) electrons. The average Bonchev–Trinajstić information content (AvgIpc) is 3.15. The highest BCUT2D eigenvalue weighted by atomic mass is 32.2. The Kier molecular flexibility index (Phi) is 5.80. The molecule has 0 unspecified atom stereocenters. The van der Waals surface area contributed by atoms with E-state index in [2.05, 4.69) is 15.3 Å². The molecule has 2 aromatic carbocycles. The molecule has 0 aliphatic heterocycles. The SMILES string of the molecule is O=C(CSc1nc2ccccc2o1)Nc1cc(=O)[nH]c(=O)n1CCc1ccccc1. The minimum Gasteiger partial charge on any atom is -0.431 e. The van der Waals surface area contributed by atoms with E-state index >= 15 is 0 Å². The van der Waals surface area contributed by atoms with Gasteiger partial charge in [-0.25, -0.2) is 9.78 Å². The Morgan fingerprint density at radius 1 is 1.10 bits per heavy atom. The third kappa shape index (κ3) is 4.69. The molecule has 0 bridgehead atoms. The second-order valence-electron chi connectivity index (χ2n) is 6.50. The molecule has 2 N–H and O–H groups in total. The van der Waals surface area contributed by atoms with Crippen LogP contribution in [-0.2, 0) is 17.8 Å². The number of thioether (sulfide) groups is 1. The number of rotatable bonds is 7. The summed E-state index contributed by atoms with van der Waals surface area (Å²) in [5.74, 6) is -0.199. The number of hydrogen-bond acceptors (Lipinski definition) is 6. The van der Waals surface area contributed by atoms with Crippen LogP contribution in [0.25, 0.3) is 11.1 Å². The standard InChI is InChI=1S/C21H18N4O4S/c26-18-12-17(25(20(28)24-18)11-10-14-6-2-1-3-7-14)23-19(27)13-30-21-22-15-8-4-5-9-16(15)29-21/h1-9,12H,10-11,13H2,(H,23,27)(H,24,26,28). The molecule has 0 aliphatic carbocycles. The Morgan fingerprint density at radius 2 is 1.87 bits per heavy atom. The van der Waals surface area contributed by atoms with Gasteiger partial charge in [-0.2, -0.15) is 0 Å². The lowest BCUT2D eigenvalue weighted by Gasteiger charge is -2.12. The molecule has 0 saturated carbocycles. The molecule has 0 saturated heterocycles. The fraction of sp³-hybridized carbons (Fsp3) is 0.143. The van der Waals surface area contributed by atoms with E-state index in [9.17, 15) is 14.4 Å². The Hall–Kier alpha value is -3.59. The van der Waals surface area contributed by atoms with E-state index in [0.29, 0.717) is 29.3 Å². The summed E-state index contributed by atoms with van der Waals surface area (Å²) in [7, 11) is 0. The Labute approximate surface area is 175 Å². The molecule has 2 aromatic heterocycles. The van der Waals surface area contributed by atoms with Crippen molar-refractivity contribution in [3.05, 3.63) is 87.1 Å². The van der Waals surface area contributed by atoms with Crippen molar-refractivity contribution in [2.24, 2.45) is 0 Å². The smallest absolute Gasteiger partial charge is 0.329 e. The molecular formula is C21H18N4O4S. The Morgan fingerprint density at radius 3 is 2.67 bits per heavy atom. The van der Waals surface area contributed by atoms with E-state index in [-0.39, 0.29) is 17.5 Å². The molecule has 2 heterocycles. The van der Waals surface area contributed by atoms with E-state index in [4.69, 9.17) is 4.42 Å². The van der Waals surface area contributed by atoms with Crippen LogP contribution < -0.4 is 16.6 Å². The van der Waals surface area contributed by atoms with Crippen LogP contribution in [-0.4, -0.2) is 26.2 Å². The summed E-state index contributed by atoms with van der Waals surface area (Å²) >= 11 is 1.13. The number of H-pyrrole nitrogens is 1. The summed E-state index contributed by atoms with van der Waals surface area (Å²) in [6.07, 6.45) is 0.577. The molecule has 8 nitrogen and oxygen atoms in total. The highest BCUT2D eigenvalue weighted by Crippen LogP contribution is 2.23. The zero-order valence-corrected chi connectivity index (χ0v) is 16.6. The maximum Gasteiger partial charge on any atom is 0.329 e. The van der Waals surface area contributed by atoms with Crippen LogP contribution in [0.3, 0.4) is 0 Å². The maximum absolute atomic E-state index is 12.4. The molecule has 1 amide bonds. The largest absolute Gasteiger partial charge is 0.431 e. The predicted molar refractivity (Wildman–Crippen MR) is 115 cm³/mol. The van der Waals surface area contributed by atoms with Gasteiger partial charge in [0.1, 0.15) is 11.3 Å². The summed E-state index contributed by atoms with van der Waals surface area (Å²) in [6.45, 7) is 0.313. The van der Waals surface area contributed by atoms with Gasteiger partial charge in [0.05, 0.1) is 5.75 Å². The van der Waals surface area contributed by atoms with Gasteiger partial charge in [-0.15, -0.1) is 0 Å².